The van der Waals surface area contributed by atoms with Crippen LogP contribution in [0.4, 0.5) is 0 Å². The lowest BCUT2D eigenvalue weighted by Gasteiger charge is -2.14. The average Bonchev–Trinajstić information content (AvgIpc) is 2.56. The molecule has 0 heterocycles. The zero-order chi connectivity index (χ0) is 16.7. The number of benzene rings is 2. The van der Waals surface area contributed by atoms with Crippen molar-refractivity contribution in [3.8, 4) is 11.5 Å². The van der Waals surface area contributed by atoms with Gasteiger partial charge in [-0.1, -0.05) is 48.3 Å². The summed E-state index contributed by atoms with van der Waals surface area (Å²) in [6.07, 6.45) is 0.932. The van der Waals surface area contributed by atoms with Crippen LogP contribution in [0, 0.1) is 0 Å². The van der Waals surface area contributed by atoms with Crippen LogP contribution in [-0.4, -0.2) is 13.7 Å². The van der Waals surface area contributed by atoms with Gasteiger partial charge in [-0.05, 0) is 29.7 Å². The minimum absolute atomic E-state index is 0.620. The van der Waals surface area contributed by atoms with Gasteiger partial charge in [0.2, 0.25) is 0 Å². The molecule has 124 valence electrons. The topological polar surface area (TPSA) is 30.5 Å². The Balaban J connectivity index is 2.03. The predicted octanol–water partition coefficient (Wildman–Crippen LogP) is 5.08. The first-order chi connectivity index (χ1) is 11.2. The van der Waals surface area contributed by atoms with Crippen molar-refractivity contribution in [3.63, 3.8) is 0 Å². The highest BCUT2D eigenvalue weighted by atomic mass is 35.5. The summed E-state index contributed by atoms with van der Waals surface area (Å²) in [5.41, 5.74) is 2.01. The second kappa shape index (κ2) is 9.02. The quantitative estimate of drug-likeness (QED) is 0.717. The summed E-state index contributed by atoms with van der Waals surface area (Å²) in [4.78, 5) is 0. The Labute approximate surface area is 147 Å². The van der Waals surface area contributed by atoms with E-state index in [1.165, 1.54) is 0 Å². The third kappa shape index (κ3) is 5.03. The Morgan fingerprint density at radius 3 is 2.39 bits per heavy atom. The fraction of sp³-hybridized carbons (Fsp3) is 0.333. The van der Waals surface area contributed by atoms with Gasteiger partial charge in [-0.3, -0.25) is 0 Å². The van der Waals surface area contributed by atoms with Gasteiger partial charge in [-0.25, -0.2) is 0 Å². The van der Waals surface area contributed by atoms with Crippen molar-refractivity contribution in [2.24, 2.45) is 0 Å². The van der Waals surface area contributed by atoms with E-state index in [0.29, 0.717) is 36.2 Å². The Morgan fingerprint density at radius 1 is 0.957 bits per heavy atom. The van der Waals surface area contributed by atoms with Crippen molar-refractivity contribution < 1.29 is 9.47 Å². The summed E-state index contributed by atoms with van der Waals surface area (Å²) < 4.78 is 11.0. The molecule has 2 aromatic carbocycles. The molecule has 1 N–H and O–H groups in total. The van der Waals surface area contributed by atoms with E-state index in [9.17, 15) is 0 Å². The van der Waals surface area contributed by atoms with Crippen LogP contribution in [0.1, 0.15) is 24.5 Å². The van der Waals surface area contributed by atoms with Crippen LogP contribution in [0.3, 0.4) is 0 Å². The smallest absolute Gasteiger partial charge is 0.162 e. The van der Waals surface area contributed by atoms with Crippen LogP contribution in [0.2, 0.25) is 10.0 Å². The van der Waals surface area contributed by atoms with Crippen LogP contribution in [0.15, 0.2) is 36.4 Å². The van der Waals surface area contributed by atoms with Crippen LogP contribution >= 0.6 is 23.2 Å². The van der Waals surface area contributed by atoms with Crippen molar-refractivity contribution in [3.05, 3.63) is 57.6 Å². The summed E-state index contributed by atoms with van der Waals surface area (Å²) in [6, 6.07) is 11.5. The molecule has 0 aliphatic heterocycles. The number of methoxy groups -OCH3 is 1. The van der Waals surface area contributed by atoms with E-state index in [0.717, 1.165) is 22.6 Å². The summed E-state index contributed by atoms with van der Waals surface area (Å²) in [5.74, 6) is 1.37. The molecule has 0 amide bonds. The first kappa shape index (κ1) is 17.9. The highest BCUT2D eigenvalue weighted by Gasteiger charge is 2.10. The maximum Gasteiger partial charge on any atom is 0.162 e. The highest BCUT2D eigenvalue weighted by Crippen LogP contribution is 2.33. The molecule has 3 nitrogen and oxygen atoms in total. The van der Waals surface area contributed by atoms with Gasteiger partial charge in [0.15, 0.2) is 11.5 Å². The second-order valence-electron chi connectivity index (χ2n) is 5.14. The molecule has 0 aliphatic rings. The standard InChI is InChI=1S/C18H21Cl2NO2/c1-3-8-23-18-10-16(20)14(9-17(18)22-2)12-21-11-13-6-4-5-7-15(13)19/h4-7,9-10,21H,3,8,11-12H2,1-2H3. The Bertz CT molecular complexity index is 647. The molecule has 0 aliphatic carbocycles. The summed E-state index contributed by atoms with van der Waals surface area (Å²) in [6.45, 7) is 3.98. The molecular formula is C18H21Cl2NO2. The monoisotopic (exact) mass is 353 g/mol. The lowest BCUT2D eigenvalue weighted by atomic mass is 10.1. The van der Waals surface area contributed by atoms with Crippen molar-refractivity contribution in [2.45, 2.75) is 26.4 Å². The molecule has 0 aromatic heterocycles. The number of halogens is 2. The molecule has 2 rings (SSSR count). The highest BCUT2D eigenvalue weighted by molar-refractivity contribution is 6.31. The zero-order valence-electron chi connectivity index (χ0n) is 13.4. The fourth-order valence-electron chi connectivity index (χ4n) is 2.17. The van der Waals surface area contributed by atoms with Gasteiger partial charge in [0, 0.05) is 29.2 Å². The van der Waals surface area contributed by atoms with E-state index < -0.39 is 0 Å². The number of ether oxygens (including phenoxy) is 2. The first-order valence-corrected chi connectivity index (χ1v) is 8.34. The SMILES string of the molecule is CCCOc1cc(Cl)c(CNCc2ccccc2Cl)cc1OC. The van der Waals surface area contributed by atoms with E-state index in [1.54, 1.807) is 7.11 Å². The van der Waals surface area contributed by atoms with E-state index >= 15 is 0 Å². The van der Waals surface area contributed by atoms with Gasteiger partial charge in [-0.15, -0.1) is 0 Å². The van der Waals surface area contributed by atoms with Crippen molar-refractivity contribution in [1.82, 2.24) is 5.32 Å². The molecule has 0 bridgehead atoms. The Hall–Kier alpha value is -1.42. The Morgan fingerprint density at radius 2 is 1.70 bits per heavy atom. The molecule has 0 unspecified atom stereocenters. The Kier molecular flexibility index (Phi) is 7.03. The number of hydrogen-bond donors (Lipinski definition) is 1. The molecule has 2 aromatic rings. The van der Waals surface area contributed by atoms with Gasteiger partial charge >= 0.3 is 0 Å². The van der Waals surface area contributed by atoms with Gasteiger partial charge in [0.1, 0.15) is 0 Å². The molecular weight excluding hydrogens is 333 g/mol. The third-order valence-electron chi connectivity index (χ3n) is 3.38. The van der Waals surface area contributed by atoms with Gasteiger partial charge < -0.3 is 14.8 Å². The number of nitrogens with one attached hydrogen (secondary N) is 1. The molecule has 0 fully saturated rings. The summed E-state index contributed by atoms with van der Waals surface area (Å²) >= 11 is 12.5. The minimum atomic E-state index is 0.620. The summed E-state index contributed by atoms with van der Waals surface area (Å²) in [7, 11) is 1.63. The maximum absolute atomic E-state index is 6.35. The molecule has 0 spiro atoms. The van der Waals surface area contributed by atoms with Crippen molar-refractivity contribution in [1.29, 1.82) is 0 Å². The molecule has 0 atom stereocenters. The molecule has 0 radical (unpaired) electrons. The third-order valence-corrected chi connectivity index (χ3v) is 4.10. The fourth-order valence-corrected chi connectivity index (χ4v) is 2.59. The summed E-state index contributed by atoms with van der Waals surface area (Å²) in [5, 5.41) is 4.76. The second-order valence-corrected chi connectivity index (χ2v) is 5.95. The van der Waals surface area contributed by atoms with E-state index in [1.807, 2.05) is 36.4 Å². The van der Waals surface area contributed by atoms with Crippen LogP contribution in [-0.2, 0) is 13.1 Å². The largest absolute Gasteiger partial charge is 0.493 e. The lowest BCUT2D eigenvalue weighted by molar-refractivity contribution is 0.294. The number of hydrogen-bond acceptors (Lipinski definition) is 3. The number of rotatable bonds is 8. The molecule has 0 saturated carbocycles. The van der Waals surface area contributed by atoms with E-state index in [2.05, 4.69) is 12.2 Å². The maximum atomic E-state index is 6.35. The normalized spacial score (nSPS) is 10.6. The van der Waals surface area contributed by atoms with Gasteiger partial charge in [-0.2, -0.15) is 0 Å². The van der Waals surface area contributed by atoms with Crippen LogP contribution in [0.25, 0.3) is 0 Å². The van der Waals surface area contributed by atoms with Gasteiger partial charge in [0.25, 0.3) is 0 Å². The molecule has 23 heavy (non-hydrogen) atoms. The lowest BCUT2D eigenvalue weighted by Crippen LogP contribution is -2.13. The van der Waals surface area contributed by atoms with Crippen LogP contribution in [0.5, 0.6) is 11.5 Å². The molecule has 0 saturated heterocycles. The van der Waals surface area contributed by atoms with E-state index in [4.69, 9.17) is 32.7 Å². The van der Waals surface area contributed by atoms with E-state index in [-0.39, 0.29) is 0 Å². The van der Waals surface area contributed by atoms with Gasteiger partial charge in [0.05, 0.1) is 13.7 Å². The minimum Gasteiger partial charge on any atom is -0.493 e. The molecule has 5 heteroatoms. The first-order valence-electron chi connectivity index (χ1n) is 7.59. The van der Waals surface area contributed by atoms with Crippen molar-refractivity contribution in [2.75, 3.05) is 13.7 Å². The predicted molar refractivity (Wildman–Crippen MR) is 95.8 cm³/mol. The van der Waals surface area contributed by atoms with Crippen molar-refractivity contribution >= 4 is 23.2 Å². The zero-order valence-corrected chi connectivity index (χ0v) is 14.9. The average molecular weight is 354 g/mol. The van der Waals surface area contributed by atoms with Crippen LogP contribution < -0.4 is 14.8 Å².